The molecule has 24 heavy (non-hydrogen) atoms. The maximum Gasteiger partial charge on any atom is 0.242 e. The van der Waals surface area contributed by atoms with Gasteiger partial charge in [-0.2, -0.15) is 0 Å². The third-order valence-corrected chi connectivity index (χ3v) is 4.41. The summed E-state index contributed by atoms with van der Waals surface area (Å²) in [6.07, 6.45) is 0.276. The minimum Gasteiger partial charge on any atom is -0.357 e. The standard InChI is InChI=1S/C19H21BrN2O2/c1-14(19(24)21-2)22(13-16-8-10-17(20)11-9-16)18(23)12-15-6-4-3-5-7-15/h3-11,14H,12-13H2,1-2H3,(H,21,24)/t14-/m1/s1. The molecule has 4 nitrogen and oxygen atoms in total. The number of carbonyl (C=O) groups is 2. The quantitative estimate of drug-likeness (QED) is 0.825. The van der Waals surface area contributed by atoms with Crippen molar-refractivity contribution in [3.63, 3.8) is 0 Å². The van der Waals surface area contributed by atoms with E-state index in [0.29, 0.717) is 6.54 Å². The number of halogens is 1. The number of nitrogens with one attached hydrogen (secondary N) is 1. The van der Waals surface area contributed by atoms with E-state index in [9.17, 15) is 9.59 Å². The van der Waals surface area contributed by atoms with Crippen molar-refractivity contribution in [2.75, 3.05) is 7.05 Å². The van der Waals surface area contributed by atoms with Crippen molar-refractivity contribution in [1.82, 2.24) is 10.2 Å². The molecule has 126 valence electrons. The highest BCUT2D eigenvalue weighted by atomic mass is 79.9. The molecule has 2 rings (SSSR count). The third kappa shape index (κ3) is 4.93. The molecule has 0 aromatic heterocycles. The molecule has 0 radical (unpaired) electrons. The molecule has 1 N–H and O–H groups in total. The normalized spacial score (nSPS) is 11.6. The Labute approximate surface area is 151 Å². The summed E-state index contributed by atoms with van der Waals surface area (Å²) in [4.78, 5) is 26.4. The molecule has 2 aromatic rings. The lowest BCUT2D eigenvalue weighted by molar-refractivity contribution is -0.139. The van der Waals surface area contributed by atoms with E-state index in [1.807, 2.05) is 54.6 Å². The number of nitrogens with zero attached hydrogens (tertiary/aromatic N) is 1. The summed E-state index contributed by atoms with van der Waals surface area (Å²) in [5.41, 5.74) is 1.92. The van der Waals surface area contributed by atoms with Gasteiger partial charge in [-0.05, 0) is 30.2 Å². The molecule has 2 amide bonds. The van der Waals surface area contributed by atoms with Crippen LogP contribution in [0.15, 0.2) is 59.1 Å². The van der Waals surface area contributed by atoms with Crippen molar-refractivity contribution in [2.24, 2.45) is 0 Å². The van der Waals surface area contributed by atoms with Crippen LogP contribution in [0.5, 0.6) is 0 Å². The number of carbonyl (C=O) groups excluding carboxylic acids is 2. The molecule has 0 aliphatic rings. The number of likely N-dealkylation sites (N-methyl/N-ethyl adjacent to an activating group) is 1. The van der Waals surface area contributed by atoms with E-state index in [1.54, 1.807) is 18.9 Å². The Kier molecular flexibility index (Phi) is 6.55. The van der Waals surface area contributed by atoms with Crippen molar-refractivity contribution in [2.45, 2.75) is 25.9 Å². The fourth-order valence-corrected chi connectivity index (χ4v) is 2.71. The highest BCUT2D eigenvalue weighted by Gasteiger charge is 2.25. The number of amides is 2. The van der Waals surface area contributed by atoms with Crippen molar-refractivity contribution < 1.29 is 9.59 Å². The minimum atomic E-state index is -0.533. The predicted octanol–water partition coefficient (Wildman–Crippen LogP) is 3.15. The highest BCUT2D eigenvalue weighted by Crippen LogP contribution is 2.15. The average molecular weight is 389 g/mol. The van der Waals surface area contributed by atoms with Gasteiger partial charge in [-0.15, -0.1) is 0 Å². The SMILES string of the molecule is CNC(=O)[C@@H](C)N(Cc1ccc(Br)cc1)C(=O)Cc1ccccc1. The van der Waals surface area contributed by atoms with E-state index < -0.39 is 6.04 Å². The van der Waals surface area contributed by atoms with E-state index >= 15 is 0 Å². The van der Waals surface area contributed by atoms with Gasteiger partial charge in [0.1, 0.15) is 6.04 Å². The van der Waals surface area contributed by atoms with Gasteiger partial charge in [-0.1, -0.05) is 58.4 Å². The first kappa shape index (κ1) is 18.2. The van der Waals surface area contributed by atoms with E-state index in [-0.39, 0.29) is 18.2 Å². The second kappa shape index (κ2) is 8.64. The summed E-state index contributed by atoms with van der Waals surface area (Å²) >= 11 is 3.40. The Bertz CT molecular complexity index is 686. The van der Waals surface area contributed by atoms with Gasteiger partial charge in [0.25, 0.3) is 0 Å². The van der Waals surface area contributed by atoms with Crippen LogP contribution in [0.1, 0.15) is 18.1 Å². The molecule has 0 fully saturated rings. The zero-order valence-electron chi connectivity index (χ0n) is 13.8. The van der Waals surface area contributed by atoms with Crippen LogP contribution >= 0.6 is 15.9 Å². The molecule has 0 saturated heterocycles. The molecule has 0 aliphatic carbocycles. The van der Waals surface area contributed by atoms with Gasteiger partial charge in [0.2, 0.25) is 11.8 Å². The van der Waals surface area contributed by atoms with Gasteiger partial charge >= 0.3 is 0 Å². The van der Waals surface area contributed by atoms with Crippen LogP contribution in [-0.4, -0.2) is 29.8 Å². The summed E-state index contributed by atoms with van der Waals surface area (Å²) in [6.45, 7) is 2.15. The zero-order valence-corrected chi connectivity index (χ0v) is 15.4. The Hall–Kier alpha value is -2.14. The molecule has 0 bridgehead atoms. The molecule has 0 heterocycles. The monoisotopic (exact) mass is 388 g/mol. The van der Waals surface area contributed by atoms with Crippen LogP contribution in [0.25, 0.3) is 0 Å². The summed E-state index contributed by atoms with van der Waals surface area (Å²) in [5.74, 6) is -0.242. The molecular formula is C19H21BrN2O2. The molecular weight excluding hydrogens is 368 g/mol. The van der Waals surface area contributed by atoms with E-state index in [2.05, 4.69) is 21.2 Å². The van der Waals surface area contributed by atoms with E-state index in [1.165, 1.54) is 0 Å². The maximum absolute atomic E-state index is 12.8. The summed E-state index contributed by atoms with van der Waals surface area (Å²) < 4.78 is 0.979. The van der Waals surface area contributed by atoms with Crippen LogP contribution in [0.2, 0.25) is 0 Å². The van der Waals surface area contributed by atoms with Crippen molar-refractivity contribution >= 4 is 27.7 Å². The Morgan fingerprint density at radius 2 is 1.67 bits per heavy atom. The maximum atomic E-state index is 12.8. The van der Waals surface area contributed by atoms with Gasteiger partial charge < -0.3 is 10.2 Å². The van der Waals surface area contributed by atoms with Crippen LogP contribution in [0.3, 0.4) is 0 Å². The first-order valence-corrected chi connectivity index (χ1v) is 8.60. The number of hydrogen-bond acceptors (Lipinski definition) is 2. The first-order valence-electron chi connectivity index (χ1n) is 7.80. The molecule has 0 aliphatic heterocycles. The number of rotatable bonds is 6. The lowest BCUT2D eigenvalue weighted by Gasteiger charge is -2.28. The molecule has 1 atom stereocenters. The lowest BCUT2D eigenvalue weighted by Crippen LogP contribution is -2.47. The molecule has 0 spiro atoms. The summed E-state index contributed by atoms with van der Waals surface area (Å²) in [7, 11) is 1.58. The molecule has 0 saturated carbocycles. The second-order valence-electron chi connectivity index (χ2n) is 5.60. The average Bonchev–Trinajstić information content (AvgIpc) is 2.60. The minimum absolute atomic E-state index is 0.0692. The first-order chi connectivity index (χ1) is 11.5. The second-order valence-corrected chi connectivity index (χ2v) is 6.52. The molecule has 0 unspecified atom stereocenters. The van der Waals surface area contributed by atoms with Crippen LogP contribution in [0, 0.1) is 0 Å². The summed E-state index contributed by atoms with van der Waals surface area (Å²) in [5, 5.41) is 2.62. The summed E-state index contributed by atoms with van der Waals surface area (Å²) in [6, 6.07) is 16.8. The number of benzene rings is 2. The van der Waals surface area contributed by atoms with Crippen LogP contribution < -0.4 is 5.32 Å². The number of hydrogen-bond donors (Lipinski definition) is 1. The van der Waals surface area contributed by atoms with E-state index in [4.69, 9.17) is 0 Å². The van der Waals surface area contributed by atoms with Gasteiger partial charge in [0, 0.05) is 18.1 Å². The van der Waals surface area contributed by atoms with Crippen molar-refractivity contribution in [1.29, 1.82) is 0 Å². The van der Waals surface area contributed by atoms with Crippen molar-refractivity contribution in [3.05, 3.63) is 70.2 Å². The smallest absolute Gasteiger partial charge is 0.242 e. The molecule has 2 aromatic carbocycles. The fourth-order valence-electron chi connectivity index (χ4n) is 2.45. The van der Waals surface area contributed by atoms with Gasteiger partial charge in [-0.25, -0.2) is 0 Å². The highest BCUT2D eigenvalue weighted by molar-refractivity contribution is 9.10. The van der Waals surface area contributed by atoms with Gasteiger partial charge in [0.05, 0.1) is 6.42 Å². The molecule has 5 heteroatoms. The van der Waals surface area contributed by atoms with Gasteiger partial charge in [0.15, 0.2) is 0 Å². The topological polar surface area (TPSA) is 49.4 Å². The van der Waals surface area contributed by atoms with Gasteiger partial charge in [-0.3, -0.25) is 9.59 Å². The third-order valence-electron chi connectivity index (χ3n) is 3.88. The Morgan fingerprint density at radius 3 is 2.25 bits per heavy atom. The van der Waals surface area contributed by atoms with Crippen LogP contribution in [0.4, 0.5) is 0 Å². The Balaban J connectivity index is 2.19. The van der Waals surface area contributed by atoms with E-state index in [0.717, 1.165) is 15.6 Å². The predicted molar refractivity (Wildman–Crippen MR) is 98.4 cm³/mol. The Morgan fingerprint density at radius 1 is 1.04 bits per heavy atom. The van der Waals surface area contributed by atoms with Crippen molar-refractivity contribution in [3.8, 4) is 0 Å². The van der Waals surface area contributed by atoms with Crippen LogP contribution in [-0.2, 0) is 22.6 Å². The lowest BCUT2D eigenvalue weighted by atomic mass is 10.1. The zero-order chi connectivity index (χ0) is 17.5. The largest absolute Gasteiger partial charge is 0.357 e. The fraction of sp³-hybridized carbons (Fsp3) is 0.263.